The number of hydrogen-bond donors (Lipinski definition) is 1. The predicted molar refractivity (Wildman–Crippen MR) is 152 cm³/mol. The zero-order valence-electron chi connectivity index (χ0n) is 23.3. The summed E-state index contributed by atoms with van der Waals surface area (Å²) < 4.78 is 18.5. The molecule has 0 radical (unpaired) electrons. The van der Waals surface area contributed by atoms with E-state index in [0.29, 0.717) is 22.7 Å². The lowest BCUT2D eigenvalue weighted by Crippen LogP contribution is -2.46. The Hall–Kier alpha value is -3.14. The number of anilines is 1. The lowest BCUT2D eigenvalue weighted by molar-refractivity contribution is 0.0195. The van der Waals surface area contributed by atoms with Crippen molar-refractivity contribution in [2.45, 2.75) is 107 Å². The molecule has 2 aliphatic heterocycles. The fourth-order valence-electron chi connectivity index (χ4n) is 8.21. The summed E-state index contributed by atoms with van der Waals surface area (Å²) in [6, 6.07) is 3.63. The number of nitrogens with zero attached hydrogens (tertiary/aromatic N) is 3. The predicted octanol–water partition coefficient (Wildman–Crippen LogP) is 6.45. The molecule has 6 fully saturated rings. The van der Waals surface area contributed by atoms with Gasteiger partial charge in [0.15, 0.2) is 10.9 Å². The summed E-state index contributed by atoms with van der Waals surface area (Å²) in [6.07, 6.45) is 12.4. The Kier molecular flexibility index (Phi) is 5.89. The smallest absolute Gasteiger partial charge is 0.344 e. The Morgan fingerprint density at radius 1 is 1.05 bits per heavy atom. The summed E-state index contributed by atoms with van der Waals surface area (Å²) in [5.74, 6) is 1.13. The van der Waals surface area contributed by atoms with Gasteiger partial charge in [-0.15, -0.1) is 0 Å². The van der Waals surface area contributed by atoms with E-state index >= 15 is 0 Å². The molecule has 6 aliphatic rings. The van der Waals surface area contributed by atoms with Gasteiger partial charge in [-0.05, 0) is 82.3 Å². The summed E-state index contributed by atoms with van der Waals surface area (Å²) in [4.78, 5) is 32.8. The molecule has 3 atom stereocenters. The quantitative estimate of drug-likeness (QED) is 0.316. The second kappa shape index (κ2) is 9.44. The molecule has 10 heteroatoms. The molecule has 4 heterocycles. The van der Waals surface area contributed by atoms with Crippen LogP contribution in [0.5, 0.6) is 5.75 Å². The van der Waals surface area contributed by atoms with Gasteiger partial charge >= 0.3 is 11.9 Å². The van der Waals surface area contributed by atoms with Gasteiger partial charge in [0.2, 0.25) is 0 Å². The Balaban J connectivity index is 1.04. The van der Waals surface area contributed by atoms with Crippen molar-refractivity contribution in [2.75, 3.05) is 12.0 Å². The van der Waals surface area contributed by atoms with Crippen LogP contribution in [0.1, 0.15) is 115 Å². The topological polar surface area (TPSA) is 115 Å². The summed E-state index contributed by atoms with van der Waals surface area (Å²) in [5.41, 5.74) is 2.38. The maximum Gasteiger partial charge on any atom is 0.344 e. The molecule has 41 heavy (non-hydrogen) atoms. The van der Waals surface area contributed by atoms with Gasteiger partial charge in [0.1, 0.15) is 28.6 Å². The van der Waals surface area contributed by atoms with E-state index in [1.807, 2.05) is 0 Å². The molecule has 1 aromatic carbocycles. The van der Waals surface area contributed by atoms with Crippen LogP contribution in [-0.2, 0) is 10.2 Å². The zero-order valence-corrected chi connectivity index (χ0v) is 24.1. The first-order chi connectivity index (χ1) is 19.9. The van der Waals surface area contributed by atoms with Crippen molar-refractivity contribution in [2.24, 2.45) is 5.92 Å². The average molecular weight is 578 g/mol. The van der Waals surface area contributed by atoms with Gasteiger partial charge < -0.3 is 24.0 Å². The Morgan fingerprint density at radius 3 is 2.39 bits per heavy atom. The van der Waals surface area contributed by atoms with Gasteiger partial charge in [-0.3, -0.25) is 0 Å². The van der Waals surface area contributed by atoms with Crippen LogP contribution >= 0.6 is 11.3 Å². The number of carbonyl (C=O) groups excluding carboxylic acids is 1. The SMILES string of the molecule is COc1cc(C(=O)O)cc2sc(N3[C@@H]4CC[C@H]3C[C@@H](OC(=O)c3c(C56CCC(CC5)CC6)noc3C3CC3)C4)nc12. The molecule has 4 saturated carbocycles. The largest absolute Gasteiger partial charge is 0.494 e. The third kappa shape index (κ3) is 4.15. The number of esters is 1. The second-order valence-electron chi connectivity index (χ2n) is 12.9. The molecule has 0 spiro atoms. The average Bonchev–Trinajstić information content (AvgIpc) is 3.47. The first-order valence-corrected chi connectivity index (χ1v) is 16.0. The minimum atomic E-state index is -0.987. The van der Waals surface area contributed by atoms with Gasteiger partial charge in [-0.2, -0.15) is 0 Å². The summed E-state index contributed by atoms with van der Waals surface area (Å²) in [6.45, 7) is 0. The molecule has 0 unspecified atom stereocenters. The number of thiazole rings is 1. The standard InChI is InChI=1S/C31H35N3O6S/c1-38-22-12-18(28(35)36)13-23-25(22)32-30(41-23)34-19-4-5-20(34)15-21(14-19)39-29(37)24-26(17-2-3-17)40-33-27(24)31-9-6-16(7-10-31)8-11-31/h12-13,16-17,19-21H,2-11,14-15H2,1H3,(H,35,36)/t16?,19-,20+,21+,31?. The highest BCUT2D eigenvalue weighted by molar-refractivity contribution is 7.22. The number of carboxylic acids is 1. The maximum atomic E-state index is 13.9. The van der Waals surface area contributed by atoms with E-state index in [0.717, 1.165) is 85.0 Å². The molecule has 2 saturated heterocycles. The minimum absolute atomic E-state index is 0.0312. The van der Waals surface area contributed by atoms with Crippen molar-refractivity contribution < 1.29 is 28.7 Å². The number of benzene rings is 1. The van der Waals surface area contributed by atoms with Crippen LogP contribution in [-0.4, -0.2) is 52.5 Å². The first kappa shape index (κ1) is 25.6. The normalized spacial score (nSPS) is 30.6. The van der Waals surface area contributed by atoms with Gasteiger partial charge in [0.25, 0.3) is 0 Å². The third-order valence-corrected chi connectivity index (χ3v) is 11.6. The Labute approximate surface area is 242 Å². The van der Waals surface area contributed by atoms with Crippen LogP contribution in [0.15, 0.2) is 16.7 Å². The van der Waals surface area contributed by atoms with Crippen molar-refractivity contribution in [3.8, 4) is 5.75 Å². The van der Waals surface area contributed by atoms with Crippen LogP contribution < -0.4 is 9.64 Å². The van der Waals surface area contributed by atoms with Crippen molar-refractivity contribution in [1.82, 2.24) is 10.1 Å². The highest BCUT2D eigenvalue weighted by atomic mass is 32.1. The fraction of sp³-hybridized carbons (Fsp3) is 0.613. The maximum absolute atomic E-state index is 13.9. The van der Waals surface area contributed by atoms with E-state index in [-0.39, 0.29) is 35.1 Å². The summed E-state index contributed by atoms with van der Waals surface area (Å²) in [5, 5.41) is 15.0. The van der Waals surface area contributed by atoms with Crippen molar-refractivity contribution in [3.05, 3.63) is 34.7 Å². The molecule has 1 N–H and O–H groups in total. The number of carbonyl (C=O) groups is 2. The summed E-state index contributed by atoms with van der Waals surface area (Å²) >= 11 is 1.50. The monoisotopic (exact) mass is 577 g/mol. The molecule has 4 bridgehead atoms. The number of rotatable bonds is 7. The summed E-state index contributed by atoms with van der Waals surface area (Å²) in [7, 11) is 1.54. The highest BCUT2D eigenvalue weighted by Gasteiger charge is 2.49. The molecule has 3 aromatic rings. The van der Waals surface area contributed by atoms with Crippen LogP contribution in [0.2, 0.25) is 0 Å². The van der Waals surface area contributed by atoms with E-state index < -0.39 is 5.97 Å². The van der Waals surface area contributed by atoms with Crippen molar-refractivity contribution in [3.63, 3.8) is 0 Å². The van der Waals surface area contributed by atoms with E-state index in [1.165, 1.54) is 43.8 Å². The lowest BCUT2D eigenvalue weighted by Gasteiger charge is -2.45. The molecule has 0 amide bonds. The lowest BCUT2D eigenvalue weighted by atomic mass is 9.59. The molecule has 216 valence electrons. The third-order valence-electron chi connectivity index (χ3n) is 10.6. The fourth-order valence-corrected chi connectivity index (χ4v) is 9.38. The molecule has 2 aromatic heterocycles. The molecule has 9 nitrogen and oxygen atoms in total. The van der Waals surface area contributed by atoms with Gasteiger partial charge in [0, 0.05) is 36.3 Å². The number of hydrogen-bond acceptors (Lipinski definition) is 9. The van der Waals surface area contributed by atoms with Crippen molar-refractivity contribution >= 4 is 38.6 Å². The number of carboxylic acid groups (broad SMARTS) is 1. The van der Waals surface area contributed by atoms with Gasteiger partial charge in [-0.1, -0.05) is 16.5 Å². The van der Waals surface area contributed by atoms with Crippen LogP contribution in [0.3, 0.4) is 0 Å². The number of aromatic carboxylic acids is 1. The van der Waals surface area contributed by atoms with E-state index in [9.17, 15) is 14.7 Å². The first-order valence-electron chi connectivity index (χ1n) is 15.1. The molecule has 4 aliphatic carbocycles. The van der Waals surface area contributed by atoms with Crippen LogP contribution in [0.4, 0.5) is 5.13 Å². The van der Waals surface area contributed by atoms with E-state index in [2.05, 4.69) is 10.1 Å². The number of piperidine rings is 1. The van der Waals surface area contributed by atoms with E-state index in [4.69, 9.17) is 19.0 Å². The molecular formula is C31H35N3O6S. The number of methoxy groups -OCH3 is 1. The van der Waals surface area contributed by atoms with Gasteiger partial charge in [-0.25, -0.2) is 14.6 Å². The number of aromatic nitrogens is 2. The Bertz CT molecular complexity index is 1510. The Morgan fingerprint density at radius 2 is 1.76 bits per heavy atom. The molecule has 9 rings (SSSR count). The van der Waals surface area contributed by atoms with Crippen molar-refractivity contribution in [1.29, 1.82) is 0 Å². The van der Waals surface area contributed by atoms with E-state index in [1.54, 1.807) is 6.07 Å². The number of ether oxygens (including phenoxy) is 2. The van der Waals surface area contributed by atoms with Gasteiger partial charge in [0.05, 0.1) is 17.4 Å². The zero-order chi connectivity index (χ0) is 27.9. The minimum Gasteiger partial charge on any atom is -0.494 e. The van der Waals surface area contributed by atoms with Crippen LogP contribution in [0, 0.1) is 5.92 Å². The second-order valence-corrected chi connectivity index (χ2v) is 13.9. The molecular weight excluding hydrogens is 542 g/mol. The van der Waals surface area contributed by atoms with Crippen LogP contribution in [0.25, 0.3) is 10.2 Å². The number of fused-ring (bicyclic) bond motifs is 6. The highest BCUT2D eigenvalue weighted by Crippen LogP contribution is 2.54.